The summed E-state index contributed by atoms with van der Waals surface area (Å²) in [6.07, 6.45) is 3.44. The monoisotopic (exact) mass is 352 g/mol. The number of carbonyl (C=O) groups is 3. The zero-order valence-corrected chi connectivity index (χ0v) is 15.1. The quantitative estimate of drug-likeness (QED) is 0.665. The number of carbonyl (C=O) groups excluding carboxylic acids is 3. The number of ether oxygens (including phenoxy) is 1. The van der Waals surface area contributed by atoms with Gasteiger partial charge in [-0.1, -0.05) is 0 Å². The van der Waals surface area contributed by atoms with E-state index >= 15 is 0 Å². The normalized spacial score (nSPS) is 36.8. The topological polar surface area (TPSA) is 105 Å². The fraction of sp³-hybridized carbons (Fsp3) is 0.833. The second kappa shape index (κ2) is 6.27. The molecule has 0 heterocycles. The summed E-state index contributed by atoms with van der Waals surface area (Å²) >= 11 is 0. The molecular formula is C18H28N2O5. The van der Waals surface area contributed by atoms with Crippen LogP contribution in [0.4, 0.5) is 4.79 Å². The average Bonchev–Trinajstić information content (AvgIpc) is 2.43. The van der Waals surface area contributed by atoms with Crippen LogP contribution in [0.1, 0.15) is 59.3 Å². The van der Waals surface area contributed by atoms with E-state index < -0.39 is 35.0 Å². The molecule has 3 N–H and O–H groups in total. The van der Waals surface area contributed by atoms with Gasteiger partial charge in [0, 0.05) is 6.04 Å². The summed E-state index contributed by atoms with van der Waals surface area (Å²) in [5, 5.41) is 15.5. The van der Waals surface area contributed by atoms with Gasteiger partial charge in [0.2, 0.25) is 0 Å². The standard InChI is InChI=1S/C18H28N2O5/c1-10(2)19-16(23)20-14(21)11(3)25-15(22)17-5-12-4-13(6-17)8-18(24,7-12)9-17/h10-13,24H,4-9H2,1-3H3,(H2,19,20,21,23)/t11-,12-,13+,17?,18?/m1/s1. The molecule has 7 heteroatoms. The van der Waals surface area contributed by atoms with Crippen molar-refractivity contribution in [2.24, 2.45) is 17.3 Å². The molecule has 0 aromatic rings. The molecule has 2 unspecified atom stereocenters. The average molecular weight is 352 g/mol. The van der Waals surface area contributed by atoms with Crippen LogP contribution in [0.15, 0.2) is 0 Å². The van der Waals surface area contributed by atoms with Crippen LogP contribution in [0.2, 0.25) is 0 Å². The highest BCUT2D eigenvalue weighted by molar-refractivity contribution is 5.97. The van der Waals surface area contributed by atoms with Gasteiger partial charge in [-0.3, -0.25) is 14.9 Å². The van der Waals surface area contributed by atoms with Gasteiger partial charge in [-0.25, -0.2) is 4.79 Å². The smallest absolute Gasteiger partial charge is 0.321 e. The summed E-state index contributed by atoms with van der Waals surface area (Å²) < 4.78 is 5.41. The van der Waals surface area contributed by atoms with E-state index in [9.17, 15) is 19.5 Å². The Hall–Kier alpha value is -1.63. The van der Waals surface area contributed by atoms with Crippen molar-refractivity contribution in [1.82, 2.24) is 10.6 Å². The summed E-state index contributed by atoms with van der Waals surface area (Å²) in [6, 6.07) is -0.703. The van der Waals surface area contributed by atoms with Crippen molar-refractivity contribution in [3.8, 4) is 0 Å². The Kier molecular flexibility index (Phi) is 4.56. The summed E-state index contributed by atoms with van der Waals surface area (Å²) in [7, 11) is 0. The molecule has 0 aromatic carbocycles. The number of esters is 1. The molecule has 0 spiro atoms. The number of hydrogen-bond acceptors (Lipinski definition) is 5. The van der Waals surface area contributed by atoms with Crippen molar-refractivity contribution in [1.29, 1.82) is 0 Å². The first-order chi connectivity index (χ1) is 11.6. The van der Waals surface area contributed by atoms with E-state index in [-0.39, 0.29) is 6.04 Å². The van der Waals surface area contributed by atoms with Gasteiger partial charge >= 0.3 is 12.0 Å². The first kappa shape index (κ1) is 18.2. The van der Waals surface area contributed by atoms with E-state index in [1.165, 1.54) is 6.92 Å². The van der Waals surface area contributed by atoms with Gasteiger partial charge in [-0.15, -0.1) is 0 Å². The van der Waals surface area contributed by atoms with E-state index in [1.807, 2.05) is 0 Å². The molecule has 4 aliphatic carbocycles. The van der Waals surface area contributed by atoms with Gasteiger partial charge in [-0.05, 0) is 71.1 Å². The van der Waals surface area contributed by atoms with Crippen molar-refractivity contribution in [3.05, 3.63) is 0 Å². The zero-order chi connectivity index (χ0) is 18.4. The molecule has 4 saturated carbocycles. The van der Waals surface area contributed by atoms with Crippen molar-refractivity contribution in [2.45, 2.75) is 77.0 Å². The largest absolute Gasteiger partial charge is 0.452 e. The lowest BCUT2D eigenvalue weighted by atomic mass is 9.48. The minimum Gasteiger partial charge on any atom is -0.452 e. The third-order valence-corrected chi connectivity index (χ3v) is 5.77. The minimum atomic E-state index is -1.05. The molecule has 25 heavy (non-hydrogen) atoms. The summed E-state index contributed by atoms with van der Waals surface area (Å²) in [5.41, 5.74) is -1.43. The lowest BCUT2D eigenvalue weighted by Gasteiger charge is -2.58. The van der Waals surface area contributed by atoms with Gasteiger partial charge in [0.05, 0.1) is 11.0 Å². The number of imide groups is 1. The molecule has 0 radical (unpaired) electrons. The van der Waals surface area contributed by atoms with Crippen LogP contribution < -0.4 is 10.6 Å². The molecule has 3 amide bonds. The Morgan fingerprint density at radius 3 is 2.20 bits per heavy atom. The van der Waals surface area contributed by atoms with E-state index in [1.54, 1.807) is 13.8 Å². The number of urea groups is 1. The van der Waals surface area contributed by atoms with Crippen LogP contribution in [0, 0.1) is 17.3 Å². The minimum absolute atomic E-state index is 0.0987. The summed E-state index contributed by atoms with van der Waals surface area (Å²) in [5.74, 6) is -0.332. The SMILES string of the molecule is CC(C)NC(=O)NC(=O)[C@@H](C)OC(=O)C12C[C@@H]3C[C@@H](CC(O)(C3)C1)C2. The van der Waals surface area contributed by atoms with Gasteiger partial charge in [0.15, 0.2) is 6.10 Å². The highest BCUT2D eigenvalue weighted by Gasteiger charge is 2.61. The number of amides is 3. The first-order valence-electron chi connectivity index (χ1n) is 9.16. The summed E-state index contributed by atoms with van der Waals surface area (Å²) in [6.45, 7) is 5.03. The molecule has 4 rings (SSSR count). The lowest BCUT2D eigenvalue weighted by Crippen LogP contribution is -2.59. The highest BCUT2D eigenvalue weighted by atomic mass is 16.5. The van der Waals surface area contributed by atoms with E-state index in [4.69, 9.17) is 4.74 Å². The Bertz CT molecular complexity index is 574. The molecule has 0 aliphatic heterocycles. The maximum absolute atomic E-state index is 12.8. The van der Waals surface area contributed by atoms with Gasteiger partial charge < -0.3 is 15.2 Å². The third-order valence-electron chi connectivity index (χ3n) is 5.77. The molecule has 0 saturated heterocycles. The Balaban J connectivity index is 1.60. The van der Waals surface area contributed by atoms with Crippen molar-refractivity contribution < 1.29 is 24.2 Å². The molecular weight excluding hydrogens is 324 g/mol. The van der Waals surface area contributed by atoms with Crippen LogP contribution in [0.5, 0.6) is 0 Å². The van der Waals surface area contributed by atoms with Crippen LogP contribution in [0.3, 0.4) is 0 Å². The highest BCUT2D eigenvalue weighted by Crippen LogP contribution is 2.62. The molecule has 140 valence electrons. The van der Waals surface area contributed by atoms with E-state index in [0.717, 1.165) is 32.1 Å². The van der Waals surface area contributed by atoms with Gasteiger partial charge in [-0.2, -0.15) is 0 Å². The Morgan fingerprint density at radius 1 is 1.08 bits per heavy atom. The molecule has 0 aromatic heterocycles. The number of nitrogens with one attached hydrogen (secondary N) is 2. The second-order valence-corrected chi connectivity index (χ2v) is 8.63. The maximum Gasteiger partial charge on any atom is 0.321 e. The number of rotatable bonds is 4. The van der Waals surface area contributed by atoms with Crippen molar-refractivity contribution in [3.63, 3.8) is 0 Å². The fourth-order valence-corrected chi connectivity index (χ4v) is 5.30. The predicted octanol–water partition coefficient (Wildman–Crippen LogP) is 1.48. The molecule has 7 nitrogen and oxygen atoms in total. The first-order valence-corrected chi connectivity index (χ1v) is 9.16. The van der Waals surface area contributed by atoms with E-state index in [0.29, 0.717) is 18.3 Å². The molecule has 5 atom stereocenters. The maximum atomic E-state index is 12.8. The van der Waals surface area contributed by atoms with Crippen molar-refractivity contribution >= 4 is 17.9 Å². The Morgan fingerprint density at radius 2 is 1.68 bits per heavy atom. The number of hydrogen-bond donors (Lipinski definition) is 3. The van der Waals surface area contributed by atoms with Gasteiger partial charge in [0.1, 0.15) is 0 Å². The second-order valence-electron chi connectivity index (χ2n) is 8.63. The van der Waals surface area contributed by atoms with Crippen LogP contribution in [-0.4, -0.2) is 40.8 Å². The van der Waals surface area contributed by atoms with Crippen LogP contribution >= 0.6 is 0 Å². The zero-order valence-electron chi connectivity index (χ0n) is 15.1. The van der Waals surface area contributed by atoms with E-state index in [2.05, 4.69) is 10.6 Å². The molecule has 4 fully saturated rings. The lowest BCUT2D eigenvalue weighted by molar-refractivity contribution is -0.199. The van der Waals surface area contributed by atoms with Crippen molar-refractivity contribution in [2.75, 3.05) is 0 Å². The summed E-state index contributed by atoms with van der Waals surface area (Å²) in [4.78, 5) is 36.5. The third kappa shape index (κ3) is 3.66. The molecule has 4 bridgehead atoms. The van der Waals surface area contributed by atoms with Gasteiger partial charge in [0.25, 0.3) is 5.91 Å². The van der Waals surface area contributed by atoms with Crippen LogP contribution in [0.25, 0.3) is 0 Å². The fourth-order valence-electron chi connectivity index (χ4n) is 5.30. The number of aliphatic hydroxyl groups is 1. The Labute approximate surface area is 147 Å². The van der Waals surface area contributed by atoms with Crippen LogP contribution in [-0.2, 0) is 14.3 Å². The molecule has 4 aliphatic rings. The predicted molar refractivity (Wildman–Crippen MR) is 89.4 cm³/mol.